The highest BCUT2D eigenvalue weighted by Crippen LogP contribution is 2.23. The first kappa shape index (κ1) is 13.1. The minimum atomic E-state index is 0.687. The zero-order valence-electron chi connectivity index (χ0n) is 11.6. The zero-order chi connectivity index (χ0) is 14.5. The van der Waals surface area contributed by atoms with Crippen LogP contribution in [0.3, 0.4) is 0 Å². The van der Waals surface area contributed by atoms with Gasteiger partial charge in [-0.15, -0.1) is 0 Å². The monoisotopic (exact) mass is 278 g/mol. The van der Waals surface area contributed by atoms with Gasteiger partial charge in [0.05, 0.1) is 19.0 Å². The Hall–Kier alpha value is -2.88. The van der Waals surface area contributed by atoms with E-state index in [1.807, 2.05) is 60.7 Å². The van der Waals surface area contributed by atoms with Gasteiger partial charge in [0.25, 0.3) is 0 Å². The van der Waals surface area contributed by atoms with Gasteiger partial charge in [0.1, 0.15) is 11.3 Å². The van der Waals surface area contributed by atoms with Crippen LogP contribution in [0.5, 0.6) is 11.5 Å². The molecule has 2 aromatic carbocycles. The van der Waals surface area contributed by atoms with Crippen LogP contribution in [-0.2, 0) is 0 Å². The van der Waals surface area contributed by atoms with Crippen molar-refractivity contribution in [3.63, 3.8) is 0 Å². The molecule has 104 valence electrons. The van der Waals surface area contributed by atoms with Gasteiger partial charge in [-0.25, -0.2) is 4.98 Å². The summed E-state index contributed by atoms with van der Waals surface area (Å²) in [5.74, 6) is 1.43. The van der Waals surface area contributed by atoms with E-state index in [1.165, 1.54) is 0 Å². The van der Waals surface area contributed by atoms with E-state index in [-0.39, 0.29) is 0 Å². The number of nitrogens with zero attached hydrogens (tertiary/aromatic N) is 2. The molecule has 0 saturated carbocycles. The number of aromatic nitrogens is 1. The fourth-order valence-electron chi connectivity index (χ4n) is 1.99. The second-order valence-electron chi connectivity index (χ2n) is 4.41. The Morgan fingerprint density at radius 1 is 0.952 bits per heavy atom. The van der Waals surface area contributed by atoms with Crippen molar-refractivity contribution in [3.8, 4) is 11.5 Å². The van der Waals surface area contributed by atoms with Crippen LogP contribution in [0.4, 0.5) is 0 Å². The normalized spacial score (nSPS) is 10.9. The predicted octanol–water partition coefficient (Wildman–Crippen LogP) is 3.66. The Kier molecular flexibility index (Phi) is 3.78. The van der Waals surface area contributed by atoms with E-state index in [4.69, 9.17) is 9.57 Å². The third kappa shape index (κ3) is 3.00. The van der Waals surface area contributed by atoms with Gasteiger partial charge in [0.15, 0.2) is 5.75 Å². The van der Waals surface area contributed by atoms with Gasteiger partial charge in [-0.3, -0.25) is 0 Å². The maximum atomic E-state index is 5.32. The Labute approximate surface area is 122 Å². The molecule has 0 atom stereocenters. The average Bonchev–Trinajstić information content (AvgIpc) is 2.55. The van der Waals surface area contributed by atoms with E-state index < -0.39 is 0 Å². The molecule has 0 saturated heterocycles. The fraction of sp³-hybridized carbons (Fsp3) is 0.0588. The minimum Gasteiger partial charge on any atom is -0.494 e. The molecule has 3 rings (SSSR count). The summed E-state index contributed by atoms with van der Waals surface area (Å²) in [4.78, 5) is 9.80. The van der Waals surface area contributed by atoms with E-state index >= 15 is 0 Å². The molecule has 1 aromatic heterocycles. The van der Waals surface area contributed by atoms with E-state index in [9.17, 15) is 0 Å². The van der Waals surface area contributed by atoms with E-state index in [0.29, 0.717) is 11.4 Å². The lowest BCUT2D eigenvalue weighted by Gasteiger charge is -2.04. The maximum absolute atomic E-state index is 5.32. The summed E-state index contributed by atoms with van der Waals surface area (Å²) < 4.78 is 5.32. The third-order valence-electron chi connectivity index (χ3n) is 3.01. The molecule has 0 N–H and O–H groups in total. The average molecular weight is 278 g/mol. The van der Waals surface area contributed by atoms with E-state index in [1.54, 1.807) is 13.3 Å². The second kappa shape index (κ2) is 6.05. The van der Waals surface area contributed by atoms with Gasteiger partial charge in [0, 0.05) is 5.39 Å². The van der Waals surface area contributed by atoms with Crippen molar-refractivity contribution in [1.29, 1.82) is 0 Å². The van der Waals surface area contributed by atoms with Crippen molar-refractivity contribution in [1.82, 2.24) is 4.98 Å². The molecule has 0 fully saturated rings. The molecule has 0 spiro atoms. The lowest BCUT2D eigenvalue weighted by atomic mass is 10.2. The number of pyridine rings is 1. The molecule has 0 unspecified atom stereocenters. The largest absolute Gasteiger partial charge is 0.494 e. The molecule has 0 aliphatic rings. The summed E-state index contributed by atoms with van der Waals surface area (Å²) in [5.41, 5.74) is 1.52. The van der Waals surface area contributed by atoms with Crippen LogP contribution in [-0.4, -0.2) is 18.3 Å². The predicted molar refractivity (Wildman–Crippen MR) is 83.0 cm³/mol. The summed E-state index contributed by atoms with van der Waals surface area (Å²) in [6, 6.07) is 19.1. The van der Waals surface area contributed by atoms with Crippen LogP contribution in [0, 0.1) is 0 Å². The Morgan fingerprint density at radius 3 is 2.62 bits per heavy atom. The Balaban J connectivity index is 1.84. The second-order valence-corrected chi connectivity index (χ2v) is 4.41. The SMILES string of the molecule is COc1cccc2ccc(/C=N/Oc3ccccc3)nc12. The number of oxime groups is 1. The summed E-state index contributed by atoms with van der Waals surface area (Å²) in [6.07, 6.45) is 1.58. The lowest BCUT2D eigenvalue weighted by Crippen LogP contribution is -1.93. The van der Waals surface area contributed by atoms with Gasteiger partial charge in [-0.2, -0.15) is 0 Å². The van der Waals surface area contributed by atoms with Gasteiger partial charge < -0.3 is 9.57 Å². The smallest absolute Gasteiger partial charge is 0.157 e. The van der Waals surface area contributed by atoms with Crippen molar-refractivity contribution in [3.05, 3.63) is 66.4 Å². The molecular formula is C17H14N2O2. The van der Waals surface area contributed by atoms with Crippen LogP contribution in [0.25, 0.3) is 10.9 Å². The standard InChI is InChI=1S/C17H14N2O2/c1-20-16-9-5-6-13-10-11-14(19-17(13)16)12-18-21-15-7-3-2-4-8-15/h2-12H,1H3/b18-12+. The number of hydrogen-bond donors (Lipinski definition) is 0. The van der Waals surface area contributed by atoms with Crippen LogP contribution in [0.15, 0.2) is 65.8 Å². The minimum absolute atomic E-state index is 0.687. The first-order chi connectivity index (χ1) is 10.4. The molecule has 1 heterocycles. The van der Waals surface area contributed by atoms with E-state index in [2.05, 4.69) is 10.1 Å². The highest BCUT2D eigenvalue weighted by Gasteiger charge is 2.02. The van der Waals surface area contributed by atoms with Gasteiger partial charge in [-0.1, -0.05) is 41.6 Å². The Morgan fingerprint density at radius 2 is 1.81 bits per heavy atom. The fourth-order valence-corrected chi connectivity index (χ4v) is 1.99. The first-order valence-corrected chi connectivity index (χ1v) is 6.56. The number of hydrogen-bond acceptors (Lipinski definition) is 4. The molecule has 4 nitrogen and oxygen atoms in total. The van der Waals surface area contributed by atoms with Crippen LogP contribution in [0.2, 0.25) is 0 Å². The van der Waals surface area contributed by atoms with Crippen molar-refractivity contribution in [2.75, 3.05) is 7.11 Å². The van der Waals surface area contributed by atoms with Gasteiger partial charge >= 0.3 is 0 Å². The quantitative estimate of drug-likeness (QED) is 0.540. The Bertz CT molecular complexity index is 770. The maximum Gasteiger partial charge on any atom is 0.157 e. The number of ether oxygens (including phenoxy) is 1. The highest BCUT2D eigenvalue weighted by atomic mass is 16.6. The van der Waals surface area contributed by atoms with Crippen LogP contribution in [0.1, 0.15) is 5.69 Å². The lowest BCUT2D eigenvalue weighted by molar-refractivity contribution is 0.344. The number of benzene rings is 2. The number of fused-ring (bicyclic) bond motifs is 1. The molecule has 0 aliphatic heterocycles. The molecule has 4 heteroatoms. The molecule has 0 aliphatic carbocycles. The van der Waals surface area contributed by atoms with Crippen molar-refractivity contribution >= 4 is 17.1 Å². The molecule has 0 amide bonds. The van der Waals surface area contributed by atoms with Crippen molar-refractivity contribution in [2.24, 2.45) is 5.16 Å². The molecule has 3 aromatic rings. The van der Waals surface area contributed by atoms with Gasteiger partial charge in [-0.05, 0) is 24.3 Å². The third-order valence-corrected chi connectivity index (χ3v) is 3.01. The number of methoxy groups -OCH3 is 1. The summed E-state index contributed by atoms with van der Waals surface area (Å²) in [5, 5.41) is 4.97. The van der Waals surface area contributed by atoms with Crippen molar-refractivity contribution < 1.29 is 9.57 Å². The number of rotatable bonds is 4. The molecule has 0 bridgehead atoms. The summed E-state index contributed by atoms with van der Waals surface area (Å²) in [6.45, 7) is 0. The zero-order valence-corrected chi connectivity index (χ0v) is 11.6. The topological polar surface area (TPSA) is 43.7 Å². The van der Waals surface area contributed by atoms with Crippen LogP contribution < -0.4 is 9.57 Å². The molecule has 0 radical (unpaired) electrons. The molecular weight excluding hydrogens is 264 g/mol. The van der Waals surface area contributed by atoms with Crippen LogP contribution >= 0.6 is 0 Å². The van der Waals surface area contributed by atoms with Crippen molar-refractivity contribution in [2.45, 2.75) is 0 Å². The number of para-hydroxylation sites is 2. The highest BCUT2D eigenvalue weighted by molar-refractivity contribution is 5.88. The first-order valence-electron chi connectivity index (χ1n) is 6.56. The van der Waals surface area contributed by atoms with Gasteiger partial charge in [0.2, 0.25) is 0 Å². The summed E-state index contributed by atoms with van der Waals surface area (Å²) in [7, 11) is 1.63. The van der Waals surface area contributed by atoms with E-state index in [0.717, 1.165) is 16.7 Å². The molecule has 21 heavy (non-hydrogen) atoms. The summed E-state index contributed by atoms with van der Waals surface area (Å²) >= 11 is 0.